The van der Waals surface area contributed by atoms with E-state index in [1.54, 1.807) is 6.92 Å². The predicted octanol–water partition coefficient (Wildman–Crippen LogP) is 6.19. The van der Waals surface area contributed by atoms with Gasteiger partial charge in [-0.3, -0.25) is 0 Å². The Morgan fingerprint density at radius 2 is 1.86 bits per heavy atom. The molecule has 0 aliphatic rings. The molecule has 0 amide bonds. The van der Waals surface area contributed by atoms with E-state index in [2.05, 4.69) is 32.1 Å². The van der Waals surface area contributed by atoms with Crippen molar-refractivity contribution in [2.45, 2.75) is 72.1 Å². The van der Waals surface area contributed by atoms with E-state index >= 15 is 0 Å². The lowest BCUT2D eigenvalue weighted by atomic mass is 10.1. The molecule has 0 saturated heterocycles. The van der Waals surface area contributed by atoms with E-state index in [1.807, 2.05) is 19.1 Å². The molecule has 0 radical (unpaired) electrons. The number of rotatable bonds is 9. The van der Waals surface area contributed by atoms with Crippen molar-refractivity contribution in [3.8, 4) is 5.75 Å². The Morgan fingerprint density at radius 3 is 2.38 bits per heavy atom. The van der Waals surface area contributed by atoms with Crippen molar-refractivity contribution in [3.05, 3.63) is 35.9 Å². The first-order valence-electron chi connectivity index (χ1n) is 8.10. The van der Waals surface area contributed by atoms with Crippen molar-refractivity contribution >= 4 is 5.57 Å². The highest BCUT2D eigenvalue weighted by Gasteiger charge is 2.10. The van der Waals surface area contributed by atoms with Crippen LogP contribution in [0.5, 0.6) is 5.75 Å². The maximum Gasteiger partial charge on any atom is 0.119 e. The van der Waals surface area contributed by atoms with E-state index in [9.17, 15) is 4.39 Å². The zero-order valence-electron chi connectivity index (χ0n) is 13.9. The summed E-state index contributed by atoms with van der Waals surface area (Å²) in [5.74, 6) is 0.911. The van der Waals surface area contributed by atoms with Crippen molar-refractivity contribution in [1.29, 1.82) is 0 Å². The van der Waals surface area contributed by atoms with Crippen molar-refractivity contribution < 1.29 is 9.13 Å². The molecule has 2 unspecified atom stereocenters. The minimum atomic E-state index is -0.713. The average Bonchev–Trinajstić information content (AvgIpc) is 2.47. The van der Waals surface area contributed by atoms with Crippen molar-refractivity contribution in [3.63, 3.8) is 0 Å². The highest BCUT2D eigenvalue weighted by atomic mass is 19.1. The third kappa shape index (κ3) is 6.79. The van der Waals surface area contributed by atoms with Gasteiger partial charge in [-0.05, 0) is 69.7 Å². The molecule has 0 heterocycles. The van der Waals surface area contributed by atoms with Crippen LogP contribution in [0, 0.1) is 0 Å². The number of hydrogen-bond acceptors (Lipinski definition) is 1. The summed E-state index contributed by atoms with van der Waals surface area (Å²) in [4.78, 5) is 0. The number of hydrogen-bond donors (Lipinski definition) is 0. The topological polar surface area (TPSA) is 9.23 Å². The predicted molar refractivity (Wildman–Crippen MR) is 89.5 cm³/mol. The fourth-order valence-corrected chi connectivity index (χ4v) is 2.37. The third-order valence-electron chi connectivity index (χ3n) is 3.78. The zero-order chi connectivity index (χ0) is 15.7. The van der Waals surface area contributed by atoms with Gasteiger partial charge in [0, 0.05) is 0 Å². The van der Waals surface area contributed by atoms with Crippen LogP contribution in [0.25, 0.3) is 5.57 Å². The second-order valence-electron chi connectivity index (χ2n) is 5.74. The highest BCUT2D eigenvalue weighted by molar-refractivity contribution is 5.63. The number of alkyl halides is 1. The number of benzene rings is 1. The molecule has 1 nitrogen and oxygen atoms in total. The molecule has 1 rings (SSSR count). The Morgan fingerprint density at radius 1 is 1.19 bits per heavy atom. The standard InChI is InChI=1S/C19H29FO/c1-5-8-18(10-7-9-16(4)20)21-19-13-11-17(12-14-19)15(3)6-2/h6,11-14,16,18H,5,7-10H2,1-4H3. The van der Waals surface area contributed by atoms with Gasteiger partial charge in [0.1, 0.15) is 5.75 Å². The Kier molecular flexibility index (Phi) is 8.11. The molecule has 2 heteroatoms. The Bertz CT molecular complexity index is 420. The molecule has 0 spiro atoms. The van der Waals surface area contributed by atoms with Gasteiger partial charge in [0.25, 0.3) is 0 Å². The van der Waals surface area contributed by atoms with Crippen LogP contribution in [-0.4, -0.2) is 12.3 Å². The van der Waals surface area contributed by atoms with Crippen LogP contribution in [0.15, 0.2) is 30.3 Å². The van der Waals surface area contributed by atoms with E-state index in [0.29, 0.717) is 6.42 Å². The van der Waals surface area contributed by atoms with Crippen LogP contribution in [-0.2, 0) is 0 Å². The van der Waals surface area contributed by atoms with Gasteiger partial charge in [-0.15, -0.1) is 0 Å². The lowest BCUT2D eigenvalue weighted by Gasteiger charge is -2.19. The van der Waals surface area contributed by atoms with Gasteiger partial charge in [0.05, 0.1) is 12.3 Å². The second-order valence-corrected chi connectivity index (χ2v) is 5.74. The van der Waals surface area contributed by atoms with Crippen LogP contribution in [0.1, 0.15) is 65.4 Å². The largest absolute Gasteiger partial charge is 0.490 e. The van der Waals surface area contributed by atoms with Crippen LogP contribution in [0.3, 0.4) is 0 Å². The summed E-state index contributed by atoms with van der Waals surface area (Å²) in [5.41, 5.74) is 2.49. The summed E-state index contributed by atoms with van der Waals surface area (Å²) in [6.07, 6.45) is 6.15. The summed E-state index contributed by atoms with van der Waals surface area (Å²) in [5, 5.41) is 0. The molecule has 0 aliphatic carbocycles. The number of allylic oxidation sites excluding steroid dienone is 2. The SMILES string of the molecule is CC=C(C)c1ccc(OC(CCC)CCCC(C)F)cc1. The first-order valence-corrected chi connectivity index (χ1v) is 8.10. The van der Waals surface area contributed by atoms with Gasteiger partial charge in [0.2, 0.25) is 0 Å². The molecule has 0 fully saturated rings. The molecule has 0 aliphatic heterocycles. The van der Waals surface area contributed by atoms with E-state index in [4.69, 9.17) is 4.74 Å². The van der Waals surface area contributed by atoms with Crippen molar-refractivity contribution in [1.82, 2.24) is 0 Å². The molecule has 21 heavy (non-hydrogen) atoms. The van der Waals surface area contributed by atoms with Gasteiger partial charge in [-0.2, -0.15) is 0 Å². The monoisotopic (exact) mass is 292 g/mol. The normalized spacial score (nSPS) is 14.8. The Labute approximate surface area is 129 Å². The summed E-state index contributed by atoms with van der Waals surface area (Å²) in [6, 6.07) is 8.25. The highest BCUT2D eigenvalue weighted by Crippen LogP contribution is 2.22. The minimum Gasteiger partial charge on any atom is -0.490 e. The molecule has 0 bridgehead atoms. The molecule has 1 aromatic rings. The van der Waals surface area contributed by atoms with Crippen LogP contribution >= 0.6 is 0 Å². The van der Waals surface area contributed by atoms with E-state index in [-0.39, 0.29) is 6.10 Å². The van der Waals surface area contributed by atoms with Crippen LogP contribution in [0.2, 0.25) is 0 Å². The summed E-state index contributed by atoms with van der Waals surface area (Å²) >= 11 is 0. The first kappa shape index (κ1) is 17.7. The van der Waals surface area contributed by atoms with Gasteiger partial charge in [0.15, 0.2) is 0 Å². The number of halogens is 1. The van der Waals surface area contributed by atoms with Gasteiger partial charge < -0.3 is 4.74 Å². The summed E-state index contributed by atoms with van der Waals surface area (Å²) < 4.78 is 18.9. The van der Waals surface area contributed by atoms with Crippen LogP contribution < -0.4 is 4.74 Å². The Hall–Kier alpha value is -1.31. The lowest BCUT2D eigenvalue weighted by molar-refractivity contribution is 0.171. The van der Waals surface area contributed by atoms with E-state index in [1.165, 1.54) is 11.1 Å². The molecule has 1 aromatic carbocycles. The quantitative estimate of drug-likeness (QED) is 0.527. The third-order valence-corrected chi connectivity index (χ3v) is 3.78. The zero-order valence-corrected chi connectivity index (χ0v) is 13.9. The summed E-state index contributed by atoms with van der Waals surface area (Å²) in [7, 11) is 0. The van der Waals surface area contributed by atoms with Gasteiger partial charge in [-0.25, -0.2) is 4.39 Å². The fourth-order valence-electron chi connectivity index (χ4n) is 2.37. The molecule has 118 valence electrons. The molecule has 0 aromatic heterocycles. The van der Waals surface area contributed by atoms with E-state index < -0.39 is 6.17 Å². The van der Waals surface area contributed by atoms with E-state index in [0.717, 1.165) is 31.4 Å². The molecular weight excluding hydrogens is 263 g/mol. The summed E-state index contributed by atoms with van der Waals surface area (Å²) in [6.45, 7) is 7.93. The number of ether oxygens (including phenoxy) is 1. The molecule has 2 atom stereocenters. The second kappa shape index (κ2) is 9.59. The van der Waals surface area contributed by atoms with Gasteiger partial charge >= 0.3 is 0 Å². The van der Waals surface area contributed by atoms with Gasteiger partial charge in [-0.1, -0.05) is 31.6 Å². The maximum absolute atomic E-state index is 12.9. The minimum absolute atomic E-state index is 0.197. The Balaban J connectivity index is 2.57. The fraction of sp³-hybridized carbons (Fsp3) is 0.579. The first-order chi connectivity index (χ1) is 10.1. The van der Waals surface area contributed by atoms with Crippen molar-refractivity contribution in [2.75, 3.05) is 0 Å². The molecule has 0 N–H and O–H groups in total. The maximum atomic E-state index is 12.9. The molecule has 0 saturated carbocycles. The smallest absolute Gasteiger partial charge is 0.119 e. The van der Waals surface area contributed by atoms with Crippen molar-refractivity contribution in [2.24, 2.45) is 0 Å². The molecular formula is C19H29FO. The average molecular weight is 292 g/mol. The van der Waals surface area contributed by atoms with Crippen LogP contribution in [0.4, 0.5) is 4.39 Å². The lowest BCUT2D eigenvalue weighted by Crippen LogP contribution is -2.16.